The molecular weight excluding hydrogens is 520 g/mol. The van der Waals surface area contributed by atoms with Gasteiger partial charge in [0, 0.05) is 5.57 Å². The molecule has 0 spiro atoms. The minimum atomic E-state index is -0.824. The summed E-state index contributed by atoms with van der Waals surface area (Å²) < 4.78 is 5.29. The topological polar surface area (TPSA) is 66.8 Å². The number of benzene rings is 1. The molecule has 5 rings (SSSR count). The highest BCUT2D eigenvalue weighted by Crippen LogP contribution is 2.70. The maximum Gasteiger partial charge on any atom is 0.332 e. The monoisotopic (exact) mass is 578 g/mol. The molecule has 0 amide bonds. The number of phenolic OH excluding ortho intramolecular Hbond substituents is 1. The highest BCUT2D eigenvalue weighted by Gasteiger charge is 2.61. The Morgan fingerprint density at radius 3 is 2.40 bits per heavy atom. The van der Waals surface area contributed by atoms with Crippen molar-refractivity contribution in [1.82, 2.24) is 0 Å². The summed E-state index contributed by atoms with van der Waals surface area (Å²) in [5, 5.41) is 20.4. The zero-order valence-corrected chi connectivity index (χ0v) is 27.5. The van der Waals surface area contributed by atoms with Crippen molar-refractivity contribution >= 4 is 12.0 Å². The third-order valence-electron chi connectivity index (χ3n) is 13.6. The number of phenols is 1. The molecule has 0 aliphatic heterocycles. The summed E-state index contributed by atoms with van der Waals surface area (Å²) in [6.45, 7) is 14.7. The Morgan fingerprint density at radius 2 is 1.71 bits per heavy atom. The van der Waals surface area contributed by atoms with Gasteiger partial charge in [0.15, 0.2) is 11.5 Å². The van der Waals surface area contributed by atoms with Crippen LogP contribution in [0.3, 0.4) is 0 Å². The van der Waals surface area contributed by atoms with Gasteiger partial charge in [-0.2, -0.15) is 0 Å². The fourth-order valence-electron chi connectivity index (χ4n) is 11.2. The van der Waals surface area contributed by atoms with Crippen molar-refractivity contribution in [2.24, 2.45) is 57.7 Å². The van der Waals surface area contributed by atoms with Gasteiger partial charge >= 0.3 is 5.97 Å². The first-order chi connectivity index (χ1) is 19.8. The Hall–Kier alpha value is -1.97. The van der Waals surface area contributed by atoms with Crippen molar-refractivity contribution in [3.63, 3.8) is 0 Å². The molecule has 1 aromatic rings. The Bertz CT molecular complexity index is 1170. The highest BCUT2D eigenvalue weighted by atomic mass is 16.5. The van der Waals surface area contributed by atoms with E-state index in [2.05, 4.69) is 41.5 Å². The summed E-state index contributed by atoms with van der Waals surface area (Å²) in [6.07, 6.45) is 17.2. The van der Waals surface area contributed by atoms with E-state index in [1.165, 1.54) is 64.9 Å². The van der Waals surface area contributed by atoms with Crippen LogP contribution < -0.4 is 4.74 Å². The summed E-state index contributed by atoms with van der Waals surface area (Å²) in [5.74, 6) is 5.24. The van der Waals surface area contributed by atoms with Gasteiger partial charge in [-0.25, -0.2) is 4.79 Å². The molecule has 0 aromatic heterocycles. The SMILES string of the molecule is COc1cc(C=C(C(=O)O)C2(C)CC[C@@]3(C)C(CCC4C3CC[C@@]3(C)C4CC[C@@H]3[C@H](C)CCCC(C)C)C2)ccc1O. The normalized spacial score (nSPS) is 38.9. The minimum absolute atomic E-state index is 0.0701. The van der Waals surface area contributed by atoms with E-state index in [9.17, 15) is 15.0 Å². The summed E-state index contributed by atoms with van der Waals surface area (Å²) in [5.41, 5.74) is 1.73. The van der Waals surface area contributed by atoms with E-state index in [1.54, 1.807) is 18.2 Å². The second-order valence-corrected chi connectivity index (χ2v) is 16.2. The summed E-state index contributed by atoms with van der Waals surface area (Å²) >= 11 is 0. The van der Waals surface area contributed by atoms with Gasteiger partial charge in [-0.1, -0.05) is 66.9 Å². The first-order valence-electron chi connectivity index (χ1n) is 17.1. The molecular formula is C38H58O4. The van der Waals surface area contributed by atoms with Gasteiger partial charge in [0.25, 0.3) is 0 Å². The van der Waals surface area contributed by atoms with Crippen LogP contribution >= 0.6 is 0 Å². The Balaban J connectivity index is 1.32. The van der Waals surface area contributed by atoms with Gasteiger partial charge in [0.05, 0.1) is 7.11 Å². The fourth-order valence-corrected chi connectivity index (χ4v) is 11.2. The molecule has 5 unspecified atom stereocenters. The molecule has 0 bridgehead atoms. The fraction of sp³-hybridized carbons (Fsp3) is 0.763. The van der Waals surface area contributed by atoms with E-state index in [0.29, 0.717) is 28.1 Å². The molecule has 0 radical (unpaired) electrons. The van der Waals surface area contributed by atoms with Crippen LogP contribution in [0.5, 0.6) is 11.5 Å². The van der Waals surface area contributed by atoms with Gasteiger partial charge in [-0.05, 0) is 139 Å². The third-order valence-corrected chi connectivity index (χ3v) is 13.6. The quantitative estimate of drug-likeness (QED) is 0.286. The minimum Gasteiger partial charge on any atom is -0.504 e. The van der Waals surface area contributed by atoms with E-state index in [4.69, 9.17) is 4.74 Å². The number of methoxy groups -OCH3 is 1. The lowest BCUT2D eigenvalue weighted by Gasteiger charge is -2.62. The number of hydrogen-bond donors (Lipinski definition) is 2. The molecule has 42 heavy (non-hydrogen) atoms. The number of carboxylic acid groups (broad SMARTS) is 1. The van der Waals surface area contributed by atoms with E-state index in [1.807, 2.05) is 6.08 Å². The Morgan fingerprint density at radius 1 is 0.976 bits per heavy atom. The lowest BCUT2D eigenvalue weighted by atomic mass is 9.42. The first kappa shape index (κ1) is 31.5. The number of carbonyl (C=O) groups is 1. The molecule has 4 saturated carbocycles. The van der Waals surface area contributed by atoms with Crippen LogP contribution in [0.1, 0.15) is 124 Å². The molecule has 2 N–H and O–H groups in total. The van der Waals surface area contributed by atoms with Crippen LogP contribution in [0.25, 0.3) is 6.08 Å². The summed E-state index contributed by atoms with van der Waals surface area (Å²) in [7, 11) is 1.52. The molecule has 9 atom stereocenters. The molecule has 4 aliphatic rings. The van der Waals surface area contributed by atoms with Gasteiger partial charge in [0.2, 0.25) is 0 Å². The van der Waals surface area contributed by atoms with Crippen molar-refractivity contribution < 1.29 is 19.7 Å². The van der Waals surface area contributed by atoms with Gasteiger partial charge < -0.3 is 14.9 Å². The standard InChI is InChI=1S/C38H58O4/c1-24(2)9-8-10-25(3)29-14-15-30-28-13-12-27-23-36(4,19-20-37(27,5)31(28)17-18-38(29,30)6)32(35(40)41)21-26-11-16-33(39)34(22-26)42-7/h11,16,21-22,24-25,27-31,39H,8-10,12-15,17-20,23H2,1-7H3,(H,40,41)/t25-,27?,28?,29-,30?,31?,36?,37+,38-/m1/s1. The van der Waals surface area contributed by atoms with Crippen LogP contribution in [0.15, 0.2) is 23.8 Å². The van der Waals surface area contributed by atoms with Gasteiger partial charge in [0.1, 0.15) is 0 Å². The van der Waals surface area contributed by atoms with Crippen LogP contribution in [0.2, 0.25) is 0 Å². The Labute approximate surface area is 255 Å². The lowest BCUT2D eigenvalue weighted by molar-refractivity contribution is -0.139. The number of aromatic hydroxyl groups is 1. The number of ether oxygens (including phenoxy) is 1. The second-order valence-electron chi connectivity index (χ2n) is 16.2. The zero-order chi connectivity index (χ0) is 30.4. The van der Waals surface area contributed by atoms with Crippen LogP contribution in [0.4, 0.5) is 0 Å². The van der Waals surface area contributed by atoms with Crippen molar-refractivity contribution in [2.45, 2.75) is 119 Å². The zero-order valence-electron chi connectivity index (χ0n) is 27.5. The maximum atomic E-state index is 12.7. The van der Waals surface area contributed by atoms with Crippen molar-refractivity contribution in [3.8, 4) is 11.5 Å². The molecule has 4 nitrogen and oxygen atoms in total. The van der Waals surface area contributed by atoms with E-state index in [-0.39, 0.29) is 11.2 Å². The molecule has 1 aromatic carbocycles. The van der Waals surface area contributed by atoms with E-state index >= 15 is 0 Å². The molecule has 234 valence electrons. The lowest BCUT2D eigenvalue weighted by Crippen LogP contribution is -2.55. The smallest absolute Gasteiger partial charge is 0.332 e. The predicted molar refractivity (Wildman–Crippen MR) is 171 cm³/mol. The van der Waals surface area contributed by atoms with E-state index < -0.39 is 5.97 Å². The number of hydrogen-bond acceptors (Lipinski definition) is 3. The third kappa shape index (κ3) is 5.54. The van der Waals surface area contributed by atoms with E-state index in [0.717, 1.165) is 60.3 Å². The molecule has 0 heterocycles. The molecule has 0 saturated heterocycles. The number of fused-ring (bicyclic) bond motifs is 5. The summed E-state index contributed by atoms with van der Waals surface area (Å²) in [6, 6.07) is 5.10. The average molecular weight is 579 g/mol. The van der Waals surface area contributed by atoms with Crippen molar-refractivity contribution in [1.29, 1.82) is 0 Å². The van der Waals surface area contributed by atoms with Gasteiger partial charge in [-0.3, -0.25) is 0 Å². The van der Waals surface area contributed by atoms with Crippen molar-refractivity contribution in [2.75, 3.05) is 7.11 Å². The highest BCUT2D eigenvalue weighted by molar-refractivity contribution is 5.93. The molecule has 4 aliphatic carbocycles. The van der Waals surface area contributed by atoms with Crippen molar-refractivity contribution in [3.05, 3.63) is 29.3 Å². The number of carboxylic acids is 1. The van der Waals surface area contributed by atoms with Crippen LogP contribution in [-0.2, 0) is 4.79 Å². The second kappa shape index (κ2) is 11.8. The number of aliphatic carboxylic acids is 1. The molecule has 4 fully saturated rings. The predicted octanol–water partition coefficient (Wildman–Crippen LogP) is 10.00. The molecule has 4 heteroatoms. The average Bonchev–Trinajstić information content (AvgIpc) is 3.30. The Kier molecular flexibility index (Phi) is 8.87. The van der Waals surface area contributed by atoms with Crippen LogP contribution in [0, 0.1) is 57.7 Å². The maximum absolute atomic E-state index is 12.7. The van der Waals surface area contributed by atoms with Crippen LogP contribution in [-0.4, -0.2) is 23.3 Å². The summed E-state index contributed by atoms with van der Waals surface area (Å²) in [4.78, 5) is 12.7. The van der Waals surface area contributed by atoms with Gasteiger partial charge in [-0.15, -0.1) is 0 Å². The first-order valence-corrected chi connectivity index (χ1v) is 17.1. The number of rotatable bonds is 9. The largest absolute Gasteiger partial charge is 0.504 e.